The SMILES string of the molecule is O=C(OCN1CCCC1=O)c1cccnc1. The molecule has 1 amide bonds. The zero-order chi connectivity index (χ0) is 11.4. The maximum Gasteiger partial charge on any atom is 0.341 e. The molecule has 0 unspecified atom stereocenters. The molecule has 1 aromatic heterocycles. The summed E-state index contributed by atoms with van der Waals surface area (Å²) in [6, 6.07) is 3.29. The van der Waals surface area contributed by atoms with Gasteiger partial charge in [-0.25, -0.2) is 4.79 Å². The molecule has 0 spiro atoms. The molecule has 5 nitrogen and oxygen atoms in total. The first-order valence-electron chi connectivity index (χ1n) is 5.12. The Kier molecular flexibility index (Phi) is 3.14. The summed E-state index contributed by atoms with van der Waals surface area (Å²) in [5.74, 6) is -0.410. The molecule has 1 aliphatic rings. The molecule has 0 aliphatic carbocycles. The second-order valence-electron chi connectivity index (χ2n) is 3.56. The molecule has 5 heteroatoms. The molecule has 16 heavy (non-hydrogen) atoms. The van der Waals surface area contributed by atoms with Gasteiger partial charge in [-0.05, 0) is 18.6 Å². The van der Waals surface area contributed by atoms with Crippen LogP contribution in [0.3, 0.4) is 0 Å². The minimum Gasteiger partial charge on any atom is -0.441 e. The van der Waals surface area contributed by atoms with Gasteiger partial charge in [-0.3, -0.25) is 9.78 Å². The topological polar surface area (TPSA) is 59.5 Å². The van der Waals surface area contributed by atoms with Crippen molar-refractivity contribution in [2.45, 2.75) is 12.8 Å². The average Bonchev–Trinajstić information content (AvgIpc) is 2.73. The summed E-state index contributed by atoms with van der Waals surface area (Å²) in [4.78, 5) is 28.1. The lowest BCUT2D eigenvalue weighted by molar-refractivity contribution is -0.130. The molecule has 0 N–H and O–H groups in total. The maximum atomic E-state index is 11.5. The zero-order valence-corrected chi connectivity index (χ0v) is 8.76. The van der Waals surface area contributed by atoms with E-state index in [0.29, 0.717) is 18.5 Å². The fraction of sp³-hybridized carbons (Fsp3) is 0.364. The van der Waals surface area contributed by atoms with Crippen molar-refractivity contribution in [2.24, 2.45) is 0 Å². The molecule has 84 valence electrons. The molecule has 0 radical (unpaired) electrons. The van der Waals surface area contributed by atoms with Gasteiger partial charge in [-0.1, -0.05) is 0 Å². The molecule has 2 rings (SSSR count). The number of rotatable bonds is 3. The van der Waals surface area contributed by atoms with Crippen molar-refractivity contribution in [1.82, 2.24) is 9.88 Å². The van der Waals surface area contributed by atoms with Crippen LogP contribution in [0.25, 0.3) is 0 Å². The van der Waals surface area contributed by atoms with Crippen molar-refractivity contribution < 1.29 is 14.3 Å². The predicted octanol–water partition coefficient (Wildman–Crippen LogP) is 0.818. The van der Waals surface area contributed by atoms with Gasteiger partial charge in [0.05, 0.1) is 5.56 Å². The van der Waals surface area contributed by atoms with Crippen LogP contribution in [0.5, 0.6) is 0 Å². The van der Waals surface area contributed by atoms with Gasteiger partial charge in [0.25, 0.3) is 0 Å². The van der Waals surface area contributed by atoms with Gasteiger partial charge in [0.15, 0.2) is 6.73 Å². The van der Waals surface area contributed by atoms with E-state index in [1.54, 1.807) is 18.3 Å². The number of amides is 1. The van der Waals surface area contributed by atoms with E-state index >= 15 is 0 Å². The van der Waals surface area contributed by atoms with Crippen molar-refractivity contribution in [3.8, 4) is 0 Å². The average molecular weight is 220 g/mol. The Labute approximate surface area is 93.0 Å². The Bertz CT molecular complexity index is 391. The molecule has 1 aliphatic heterocycles. The Morgan fingerprint density at radius 3 is 3.06 bits per heavy atom. The fourth-order valence-corrected chi connectivity index (χ4v) is 1.54. The second-order valence-corrected chi connectivity index (χ2v) is 3.56. The highest BCUT2D eigenvalue weighted by Gasteiger charge is 2.21. The first-order valence-corrected chi connectivity index (χ1v) is 5.12. The summed E-state index contributed by atoms with van der Waals surface area (Å²) in [5, 5.41) is 0. The number of aromatic nitrogens is 1. The number of carbonyl (C=O) groups is 2. The Morgan fingerprint density at radius 1 is 1.56 bits per heavy atom. The van der Waals surface area contributed by atoms with Crippen LogP contribution < -0.4 is 0 Å². The van der Waals surface area contributed by atoms with Gasteiger partial charge in [0.1, 0.15) is 0 Å². The van der Waals surface area contributed by atoms with Crippen LogP contribution in [-0.4, -0.2) is 35.0 Å². The van der Waals surface area contributed by atoms with Gasteiger partial charge in [-0.15, -0.1) is 0 Å². The van der Waals surface area contributed by atoms with E-state index in [0.717, 1.165) is 6.42 Å². The van der Waals surface area contributed by atoms with Crippen molar-refractivity contribution in [2.75, 3.05) is 13.3 Å². The van der Waals surface area contributed by atoms with Crippen LogP contribution in [0.4, 0.5) is 0 Å². The normalized spacial score (nSPS) is 15.2. The van der Waals surface area contributed by atoms with E-state index in [-0.39, 0.29) is 12.6 Å². The smallest absolute Gasteiger partial charge is 0.341 e. The van der Waals surface area contributed by atoms with E-state index in [9.17, 15) is 9.59 Å². The third kappa shape index (κ3) is 2.36. The number of ether oxygens (including phenoxy) is 1. The van der Waals surface area contributed by atoms with Crippen molar-refractivity contribution >= 4 is 11.9 Å². The standard InChI is InChI=1S/C11H12N2O3/c14-10-4-2-6-13(10)8-16-11(15)9-3-1-5-12-7-9/h1,3,5,7H,2,4,6,8H2. The Morgan fingerprint density at radius 2 is 2.44 bits per heavy atom. The lowest BCUT2D eigenvalue weighted by atomic mass is 10.3. The van der Waals surface area contributed by atoms with E-state index in [1.165, 1.54) is 11.1 Å². The quantitative estimate of drug-likeness (QED) is 0.707. The molecule has 1 fully saturated rings. The van der Waals surface area contributed by atoms with Crippen molar-refractivity contribution in [3.63, 3.8) is 0 Å². The largest absolute Gasteiger partial charge is 0.441 e. The van der Waals surface area contributed by atoms with Gasteiger partial charge >= 0.3 is 5.97 Å². The highest BCUT2D eigenvalue weighted by atomic mass is 16.5. The number of nitrogens with zero attached hydrogens (tertiary/aromatic N) is 2. The van der Waals surface area contributed by atoms with Crippen LogP contribution in [0, 0.1) is 0 Å². The molecular formula is C11H12N2O3. The predicted molar refractivity (Wildman–Crippen MR) is 55.5 cm³/mol. The van der Waals surface area contributed by atoms with Gasteiger partial charge in [0, 0.05) is 25.4 Å². The lowest BCUT2D eigenvalue weighted by Gasteiger charge is -2.14. The zero-order valence-electron chi connectivity index (χ0n) is 8.76. The highest BCUT2D eigenvalue weighted by Crippen LogP contribution is 2.09. The monoisotopic (exact) mass is 220 g/mol. The summed E-state index contributed by atoms with van der Waals surface area (Å²) in [6.07, 6.45) is 4.41. The summed E-state index contributed by atoms with van der Waals surface area (Å²) < 4.78 is 5.01. The van der Waals surface area contributed by atoms with Crippen LogP contribution in [0.2, 0.25) is 0 Å². The number of hydrogen-bond acceptors (Lipinski definition) is 4. The van der Waals surface area contributed by atoms with Crippen LogP contribution >= 0.6 is 0 Å². The minimum atomic E-state index is -0.451. The summed E-state index contributed by atoms with van der Waals surface area (Å²) in [6.45, 7) is 0.700. The van der Waals surface area contributed by atoms with Crippen LogP contribution in [-0.2, 0) is 9.53 Å². The first-order chi connectivity index (χ1) is 7.77. The number of pyridine rings is 1. The molecular weight excluding hydrogens is 208 g/mol. The maximum absolute atomic E-state index is 11.5. The number of carbonyl (C=O) groups excluding carboxylic acids is 2. The van der Waals surface area contributed by atoms with Crippen molar-refractivity contribution in [1.29, 1.82) is 0 Å². The third-order valence-corrected chi connectivity index (χ3v) is 2.42. The molecule has 0 saturated carbocycles. The molecule has 1 saturated heterocycles. The van der Waals surface area contributed by atoms with Crippen LogP contribution in [0.1, 0.15) is 23.2 Å². The van der Waals surface area contributed by atoms with E-state index in [1.807, 2.05) is 0 Å². The lowest BCUT2D eigenvalue weighted by Crippen LogP contribution is -2.28. The van der Waals surface area contributed by atoms with Crippen molar-refractivity contribution in [3.05, 3.63) is 30.1 Å². The molecule has 0 atom stereocenters. The molecule has 2 heterocycles. The van der Waals surface area contributed by atoms with Gasteiger partial charge < -0.3 is 9.64 Å². The van der Waals surface area contributed by atoms with Gasteiger partial charge in [-0.2, -0.15) is 0 Å². The highest BCUT2D eigenvalue weighted by molar-refractivity contribution is 5.89. The first kappa shape index (κ1) is 10.6. The molecule has 0 aromatic carbocycles. The van der Waals surface area contributed by atoms with E-state index < -0.39 is 5.97 Å². The molecule has 1 aromatic rings. The van der Waals surface area contributed by atoms with E-state index in [2.05, 4.69) is 4.98 Å². The summed E-state index contributed by atoms with van der Waals surface area (Å²) in [5.41, 5.74) is 0.397. The summed E-state index contributed by atoms with van der Waals surface area (Å²) in [7, 11) is 0. The number of hydrogen-bond donors (Lipinski definition) is 0. The van der Waals surface area contributed by atoms with Gasteiger partial charge in [0.2, 0.25) is 5.91 Å². The number of likely N-dealkylation sites (tertiary alicyclic amines) is 1. The Balaban J connectivity index is 1.87. The van der Waals surface area contributed by atoms with Crippen LogP contribution in [0.15, 0.2) is 24.5 Å². The third-order valence-electron chi connectivity index (χ3n) is 2.42. The fourth-order valence-electron chi connectivity index (χ4n) is 1.54. The Hall–Kier alpha value is -1.91. The summed E-state index contributed by atoms with van der Waals surface area (Å²) >= 11 is 0. The van der Waals surface area contributed by atoms with E-state index in [4.69, 9.17) is 4.74 Å². The second kappa shape index (κ2) is 4.74. The minimum absolute atomic E-state index is 0.0343. The number of esters is 1. The molecule has 0 bridgehead atoms.